The van der Waals surface area contributed by atoms with E-state index in [-0.39, 0.29) is 0 Å². The number of hydrogen-bond acceptors (Lipinski definition) is 6. The summed E-state index contributed by atoms with van der Waals surface area (Å²) in [7, 11) is 5.18. The molecule has 0 bridgehead atoms. The minimum Gasteiger partial charge on any atom is -0.497 e. The van der Waals surface area contributed by atoms with E-state index in [9.17, 15) is 9.59 Å². The molecule has 0 saturated carbocycles. The minimum absolute atomic E-state index is 0.411. The number of amides is 2. The Bertz CT molecular complexity index is 909. The van der Waals surface area contributed by atoms with Crippen LogP contribution in [0.5, 0.6) is 11.5 Å². The average Bonchev–Trinajstić information content (AvgIpc) is 2.82. The number of ether oxygens (including phenoxy) is 2. The van der Waals surface area contributed by atoms with Crippen LogP contribution in [0.3, 0.4) is 0 Å². The van der Waals surface area contributed by atoms with E-state index >= 15 is 0 Å². The summed E-state index contributed by atoms with van der Waals surface area (Å²) < 4.78 is 10.4. The first-order chi connectivity index (χ1) is 15.5. The molecule has 2 N–H and O–H groups in total. The second-order valence-corrected chi connectivity index (χ2v) is 7.84. The molecule has 1 fully saturated rings. The summed E-state index contributed by atoms with van der Waals surface area (Å²) in [5, 5.41) is 5.24. The van der Waals surface area contributed by atoms with Gasteiger partial charge in [0.25, 0.3) is 0 Å². The first kappa shape index (κ1) is 23.4. The molecule has 8 nitrogen and oxygen atoms in total. The zero-order chi connectivity index (χ0) is 22.9. The molecule has 1 saturated heterocycles. The molecule has 172 valence electrons. The lowest BCUT2D eigenvalue weighted by atomic mass is 10.1. The molecule has 1 heterocycles. The third kappa shape index (κ3) is 6.37. The van der Waals surface area contributed by atoms with E-state index in [0.29, 0.717) is 23.7 Å². The van der Waals surface area contributed by atoms with Gasteiger partial charge in [0.1, 0.15) is 11.5 Å². The van der Waals surface area contributed by atoms with Gasteiger partial charge in [-0.25, -0.2) is 0 Å². The van der Waals surface area contributed by atoms with Crippen LogP contribution in [-0.4, -0.2) is 70.7 Å². The van der Waals surface area contributed by atoms with Crippen LogP contribution in [0.2, 0.25) is 0 Å². The number of nitrogens with zero attached hydrogens (tertiary/aromatic N) is 2. The van der Waals surface area contributed by atoms with Crippen molar-refractivity contribution >= 4 is 23.2 Å². The van der Waals surface area contributed by atoms with Crippen LogP contribution >= 0.6 is 0 Å². The molecule has 0 aliphatic carbocycles. The van der Waals surface area contributed by atoms with Gasteiger partial charge < -0.3 is 29.9 Å². The molecule has 0 aromatic heterocycles. The molecule has 2 amide bonds. The van der Waals surface area contributed by atoms with Crippen LogP contribution in [0, 0.1) is 0 Å². The van der Waals surface area contributed by atoms with Crippen molar-refractivity contribution in [3.63, 3.8) is 0 Å². The molecule has 2 aromatic rings. The van der Waals surface area contributed by atoms with E-state index in [0.717, 1.165) is 39.0 Å². The zero-order valence-electron chi connectivity index (χ0n) is 19.0. The first-order valence-electron chi connectivity index (χ1n) is 10.8. The summed E-state index contributed by atoms with van der Waals surface area (Å²) in [6.07, 6.45) is 1.58. The number of piperazine rings is 1. The number of rotatable bonds is 8. The third-order valence-electron chi connectivity index (χ3n) is 5.60. The Hall–Kier alpha value is -3.26. The molecule has 3 rings (SSSR count). The van der Waals surface area contributed by atoms with Gasteiger partial charge in [-0.05, 0) is 49.7 Å². The molecule has 1 aliphatic rings. The molecule has 0 spiro atoms. The van der Waals surface area contributed by atoms with Gasteiger partial charge in [-0.1, -0.05) is 12.1 Å². The highest BCUT2D eigenvalue weighted by Crippen LogP contribution is 2.28. The van der Waals surface area contributed by atoms with E-state index in [1.54, 1.807) is 25.3 Å². The normalized spacial score (nSPS) is 14.0. The summed E-state index contributed by atoms with van der Waals surface area (Å²) in [6.45, 7) is 4.69. The van der Waals surface area contributed by atoms with Crippen molar-refractivity contribution in [3.8, 4) is 11.5 Å². The number of anilines is 2. The second kappa shape index (κ2) is 11.4. The van der Waals surface area contributed by atoms with Crippen LogP contribution in [-0.2, 0) is 16.0 Å². The van der Waals surface area contributed by atoms with Crippen molar-refractivity contribution < 1.29 is 19.1 Å². The van der Waals surface area contributed by atoms with Gasteiger partial charge in [0.2, 0.25) is 0 Å². The average molecular weight is 441 g/mol. The van der Waals surface area contributed by atoms with Gasteiger partial charge in [-0.3, -0.25) is 9.59 Å². The maximum atomic E-state index is 12.2. The Morgan fingerprint density at radius 1 is 0.938 bits per heavy atom. The van der Waals surface area contributed by atoms with Crippen LogP contribution in [0.1, 0.15) is 12.0 Å². The van der Waals surface area contributed by atoms with E-state index in [1.807, 2.05) is 0 Å². The Morgan fingerprint density at radius 3 is 2.31 bits per heavy atom. The van der Waals surface area contributed by atoms with Gasteiger partial charge >= 0.3 is 11.8 Å². The lowest BCUT2D eigenvalue weighted by molar-refractivity contribution is -0.136. The Kier molecular flexibility index (Phi) is 8.33. The lowest BCUT2D eigenvalue weighted by Gasteiger charge is -2.34. The summed E-state index contributed by atoms with van der Waals surface area (Å²) in [5.41, 5.74) is 2.87. The quantitative estimate of drug-likeness (QED) is 0.484. The van der Waals surface area contributed by atoms with Crippen molar-refractivity contribution in [2.24, 2.45) is 0 Å². The molecular weight excluding hydrogens is 408 g/mol. The monoisotopic (exact) mass is 440 g/mol. The highest BCUT2D eigenvalue weighted by Gasteiger charge is 2.16. The maximum Gasteiger partial charge on any atom is 0.313 e. The fourth-order valence-electron chi connectivity index (χ4n) is 3.59. The Morgan fingerprint density at radius 2 is 1.66 bits per heavy atom. The fraction of sp³-hybridized carbons (Fsp3) is 0.417. The second-order valence-electron chi connectivity index (χ2n) is 7.84. The van der Waals surface area contributed by atoms with Crippen molar-refractivity contribution in [1.82, 2.24) is 10.2 Å². The van der Waals surface area contributed by atoms with Crippen LogP contribution in [0.15, 0.2) is 42.5 Å². The summed E-state index contributed by atoms with van der Waals surface area (Å²) >= 11 is 0. The van der Waals surface area contributed by atoms with E-state index in [1.165, 1.54) is 18.4 Å². The number of hydrogen-bond donors (Lipinski definition) is 2. The molecule has 2 aromatic carbocycles. The Balaban J connectivity index is 1.40. The molecule has 0 radical (unpaired) electrons. The smallest absolute Gasteiger partial charge is 0.313 e. The van der Waals surface area contributed by atoms with Gasteiger partial charge in [-0.2, -0.15) is 0 Å². The largest absolute Gasteiger partial charge is 0.497 e. The third-order valence-corrected chi connectivity index (χ3v) is 5.60. The SMILES string of the molecule is COc1ccc(NC(=O)C(=O)NCCCc2ccc(N3CCN(C)CC3)cc2)c(OC)c1. The molecule has 1 aliphatic heterocycles. The fourth-order valence-corrected chi connectivity index (χ4v) is 3.59. The van der Waals surface area contributed by atoms with Crippen LogP contribution in [0.4, 0.5) is 11.4 Å². The first-order valence-corrected chi connectivity index (χ1v) is 10.8. The molecule has 8 heteroatoms. The van der Waals surface area contributed by atoms with Gasteiger partial charge in [0, 0.05) is 44.5 Å². The predicted molar refractivity (Wildman–Crippen MR) is 126 cm³/mol. The standard InChI is InChI=1S/C24H32N4O4/c1-27-13-15-28(16-14-27)19-8-6-18(7-9-19)5-4-12-25-23(29)24(30)26-21-11-10-20(31-2)17-22(21)32-3/h6-11,17H,4-5,12-16H2,1-3H3,(H,25,29)(H,26,30). The van der Waals surface area contributed by atoms with E-state index in [4.69, 9.17) is 9.47 Å². The maximum absolute atomic E-state index is 12.2. The number of methoxy groups -OCH3 is 2. The van der Waals surface area contributed by atoms with Gasteiger partial charge in [0.15, 0.2) is 0 Å². The number of aryl methyl sites for hydroxylation is 1. The summed E-state index contributed by atoms with van der Waals surface area (Å²) in [6, 6.07) is 13.6. The van der Waals surface area contributed by atoms with Gasteiger partial charge in [-0.15, -0.1) is 0 Å². The topological polar surface area (TPSA) is 83.1 Å². The minimum atomic E-state index is -0.731. The molecule has 0 atom stereocenters. The number of benzene rings is 2. The molecule has 32 heavy (non-hydrogen) atoms. The number of carbonyl (C=O) groups excluding carboxylic acids is 2. The van der Waals surface area contributed by atoms with Crippen molar-refractivity contribution in [1.29, 1.82) is 0 Å². The van der Waals surface area contributed by atoms with E-state index in [2.05, 4.69) is 51.7 Å². The lowest BCUT2D eigenvalue weighted by Crippen LogP contribution is -2.44. The summed E-state index contributed by atoms with van der Waals surface area (Å²) in [4.78, 5) is 29.1. The summed E-state index contributed by atoms with van der Waals surface area (Å²) in [5.74, 6) is -0.385. The highest BCUT2D eigenvalue weighted by atomic mass is 16.5. The zero-order valence-corrected chi connectivity index (χ0v) is 19.0. The van der Waals surface area contributed by atoms with Crippen molar-refractivity contribution in [3.05, 3.63) is 48.0 Å². The van der Waals surface area contributed by atoms with Gasteiger partial charge in [0.05, 0.1) is 19.9 Å². The number of nitrogens with one attached hydrogen (secondary N) is 2. The Labute approximate surface area is 189 Å². The van der Waals surface area contributed by atoms with E-state index < -0.39 is 11.8 Å². The number of carbonyl (C=O) groups is 2. The van der Waals surface area contributed by atoms with Crippen molar-refractivity contribution in [2.45, 2.75) is 12.8 Å². The molecular formula is C24H32N4O4. The molecule has 0 unspecified atom stereocenters. The van der Waals surface area contributed by atoms with Crippen LogP contribution in [0.25, 0.3) is 0 Å². The van der Waals surface area contributed by atoms with Crippen LogP contribution < -0.4 is 25.0 Å². The predicted octanol–water partition coefficient (Wildman–Crippen LogP) is 2.14. The number of likely N-dealkylation sites (N-methyl/N-ethyl adjacent to an activating group) is 1. The van der Waals surface area contributed by atoms with Crippen molar-refractivity contribution in [2.75, 3.05) is 64.2 Å². The highest BCUT2D eigenvalue weighted by molar-refractivity contribution is 6.39.